The van der Waals surface area contributed by atoms with E-state index in [1.807, 2.05) is 0 Å². The molecule has 0 radical (unpaired) electrons. The van der Waals surface area contributed by atoms with E-state index in [2.05, 4.69) is 0 Å². The number of alkyl halides is 2. The fraction of sp³-hybridized carbons (Fsp3) is 0.867. The molecule has 0 aromatic heterocycles. The third kappa shape index (κ3) is 3.84. The fourth-order valence-corrected chi connectivity index (χ4v) is 2.74. The molecule has 0 unspecified atom stereocenters. The van der Waals surface area contributed by atoms with Gasteiger partial charge in [0.2, 0.25) is 5.78 Å². The molecule has 7 nitrogen and oxygen atoms in total. The van der Waals surface area contributed by atoms with Crippen LogP contribution in [0.15, 0.2) is 0 Å². The Morgan fingerprint density at radius 1 is 1.25 bits per heavy atom. The number of Topliss-reactive ketones (excluding diaryl/α,β-unsaturated/α-hetero) is 1. The van der Waals surface area contributed by atoms with Crippen LogP contribution in [0.3, 0.4) is 0 Å². The van der Waals surface area contributed by atoms with Gasteiger partial charge in [0.15, 0.2) is 12.2 Å². The lowest BCUT2D eigenvalue weighted by molar-refractivity contribution is -0.208. The average molecular weight is 353 g/mol. The first-order chi connectivity index (χ1) is 10.9. The van der Waals surface area contributed by atoms with Crippen molar-refractivity contribution < 1.29 is 38.4 Å². The maximum Gasteiger partial charge on any atom is 0.410 e. The summed E-state index contributed by atoms with van der Waals surface area (Å²) in [4.78, 5) is 25.5. The molecular weight excluding hydrogens is 328 g/mol. The molecule has 9 heteroatoms. The van der Waals surface area contributed by atoms with Crippen molar-refractivity contribution >= 4 is 11.9 Å². The highest BCUT2D eigenvalue weighted by Crippen LogP contribution is 2.39. The van der Waals surface area contributed by atoms with Gasteiger partial charge in [-0.3, -0.25) is 4.79 Å². The molecule has 1 aliphatic carbocycles. The van der Waals surface area contributed by atoms with Crippen LogP contribution in [0.4, 0.5) is 13.6 Å². The highest BCUT2D eigenvalue weighted by Gasteiger charge is 2.60. The monoisotopic (exact) mass is 353 g/mol. The summed E-state index contributed by atoms with van der Waals surface area (Å²) in [7, 11) is 0. The molecule has 0 spiro atoms. The quantitative estimate of drug-likeness (QED) is 0.684. The number of aliphatic hydroxyl groups excluding tert-OH is 3. The van der Waals surface area contributed by atoms with Crippen LogP contribution in [-0.4, -0.2) is 75.5 Å². The number of rotatable bonds is 3. The summed E-state index contributed by atoms with van der Waals surface area (Å²) >= 11 is 0. The molecule has 0 aromatic rings. The SMILES string of the molecule is CCN(CC)C(=O)O[C@@H]1C(=O)C(F)(F)[C@H](O)[C@H](O)[C@H](O)CC1(C)C. The molecule has 3 N–H and O–H groups in total. The number of aliphatic hydroxyl groups is 3. The molecule has 0 saturated heterocycles. The zero-order valence-corrected chi connectivity index (χ0v) is 14.2. The van der Waals surface area contributed by atoms with Gasteiger partial charge in [-0.15, -0.1) is 0 Å². The number of carbonyl (C=O) groups excluding carboxylic acids is 2. The zero-order valence-electron chi connectivity index (χ0n) is 14.2. The van der Waals surface area contributed by atoms with Gasteiger partial charge in [-0.1, -0.05) is 13.8 Å². The third-order valence-corrected chi connectivity index (χ3v) is 4.34. The summed E-state index contributed by atoms with van der Waals surface area (Å²) in [5.74, 6) is -6.17. The Labute approximate surface area is 139 Å². The van der Waals surface area contributed by atoms with E-state index in [9.17, 15) is 33.7 Å². The summed E-state index contributed by atoms with van der Waals surface area (Å²) in [6, 6.07) is 0. The van der Waals surface area contributed by atoms with Gasteiger partial charge in [0.1, 0.15) is 6.10 Å². The molecule has 1 saturated carbocycles. The average Bonchev–Trinajstić information content (AvgIpc) is 2.50. The van der Waals surface area contributed by atoms with Crippen LogP contribution >= 0.6 is 0 Å². The highest BCUT2D eigenvalue weighted by molar-refractivity contribution is 5.92. The fourth-order valence-electron chi connectivity index (χ4n) is 2.74. The van der Waals surface area contributed by atoms with E-state index < -0.39 is 47.6 Å². The molecule has 140 valence electrons. The van der Waals surface area contributed by atoms with Crippen LogP contribution in [0, 0.1) is 5.41 Å². The molecule has 0 bridgehead atoms. The Bertz CT molecular complexity index is 481. The van der Waals surface area contributed by atoms with Gasteiger partial charge >= 0.3 is 12.0 Å². The van der Waals surface area contributed by atoms with E-state index in [0.29, 0.717) is 0 Å². The number of amides is 1. The predicted molar refractivity (Wildman–Crippen MR) is 79.6 cm³/mol. The number of carbonyl (C=O) groups is 2. The number of ketones is 1. The molecule has 4 atom stereocenters. The van der Waals surface area contributed by atoms with Crippen LogP contribution in [0.1, 0.15) is 34.1 Å². The van der Waals surface area contributed by atoms with Gasteiger partial charge in [-0.25, -0.2) is 4.79 Å². The van der Waals surface area contributed by atoms with Gasteiger partial charge in [-0.05, 0) is 20.3 Å². The normalized spacial score (nSPS) is 32.6. The van der Waals surface area contributed by atoms with Crippen molar-refractivity contribution in [2.45, 2.75) is 64.5 Å². The lowest BCUT2D eigenvalue weighted by atomic mass is 9.73. The minimum absolute atomic E-state index is 0.261. The van der Waals surface area contributed by atoms with Gasteiger partial charge in [-0.2, -0.15) is 8.78 Å². The zero-order chi connectivity index (χ0) is 18.9. The van der Waals surface area contributed by atoms with Crippen LogP contribution < -0.4 is 0 Å². The second-order valence-corrected chi connectivity index (χ2v) is 6.62. The first-order valence-corrected chi connectivity index (χ1v) is 7.82. The van der Waals surface area contributed by atoms with E-state index in [0.717, 1.165) is 0 Å². The molecule has 1 fully saturated rings. The maximum absolute atomic E-state index is 14.2. The molecule has 0 aliphatic heterocycles. The van der Waals surface area contributed by atoms with Crippen LogP contribution in [-0.2, 0) is 9.53 Å². The van der Waals surface area contributed by atoms with E-state index in [1.165, 1.54) is 18.7 Å². The van der Waals surface area contributed by atoms with E-state index in [4.69, 9.17) is 4.74 Å². The second-order valence-electron chi connectivity index (χ2n) is 6.62. The van der Waals surface area contributed by atoms with Gasteiger partial charge in [0.05, 0.1) is 6.10 Å². The van der Waals surface area contributed by atoms with Crippen molar-refractivity contribution in [3.8, 4) is 0 Å². The Hall–Kier alpha value is -1.32. The summed E-state index contributed by atoms with van der Waals surface area (Å²) in [6.07, 6.45) is -9.81. The van der Waals surface area contributed by atoms with Crippen LogP contribution in [0.25, 0.3) is 0 Å². The lowest BCUT2D eigenvalue weighted by Gasteiger charge is -2.41. The van der Waals surface area contributed by atoms with Crippen molar-refractivity contribution in [3.63, 3.8) is 0 Å². The number of halogens is 2. The Kier molecular flexibility index (Phi) is 6.29. The van der Waals surface area contributed by atoms with Crippen LogP contribution in [0.2, 0.25) is 0 Å². The highest BCUT2D eigenvalue weighted by atomic mass is 19.3. The minimum Gasteiger partial charge on any atom is -0.437 e. The van der Waals surface area contributed by atoms with Gasteiger partial charge in [0, 0.05) is 18.5 Å². The Morgan fingerprint density at radius 2 is 1.75 bits per heavy atom. The lowest BCUT2D eigenvalue weighted by Crippen LogP contribution is -2.61. The Balaban J connectivity index is 3.23. The molecule has 1 amide bonds. The van der Waals surface area contributed by atoms with Crippen molar-refractivity contribution in [2.24, 2.45) is 5.41 Å². The number of hydrogen-bond donors (Lipinski definition) is 3. The van der Waals surface area contributed by atoms with Crippen molar-refractivity contribution in [1.82, 2.24) is 4.90 Å². The van der Waals surface area contributed by atoms with Crippen molar-refractivity contribution in [2.75, 3.05) is 13.1 Å². The first-order valence-electron chi connectivity index (χ1n) is 7.82. The van der Waals surface area contributed by atoms with Gasteiger partial charge in [0.25, 0.3) is 0 Å². The minimum atomic E-state index is -4.37. The number of nitrogens with zero attached hydrogens (tertiary/aromatic N) is 1. The largest absolute Gasteiger partial charge is 0.437 e. The standard InChI is InChI=1S/C15H25F2NO6/c1-5-18(6-2)13(23)24-12-11(22)15(16,17)10(21)9(20)8(19)7-14(12,3)4/h8-10,12,19-21H,5-7H2,1-4H3/t8-,9-,10-,12-/m1/s1. The summed E-state index contributed by atoms with van der Waals surface area (Å²) in [5, 5.41) is 29.0. The van der Waals surface area contributed by atoms with E-state index in [-0.39, 0.29) is 19.5 Å². The number of ether oxygens (including phenoxy) is 1. The van der Waals surface area contributed by atoms with E-state index in [1.54, 1.807) is 13.8 Å². The van der Waals surface area contributed by atoms with Gasteiger partial charge < -0.3 is 25.0 Å². The molecule has 0 heterocycles. The Morgan fingerprint density at radius 3 is 2.21 bits per heavy atom. The predicted octanol–water partition coefficient (Wildman–Crippen LogP) is 0.550. The molecule has 1 rings (SSSR count). The van der Waals surface area contributed by atoms with Crippen molar-refractivity contribution in [1.29, 1.82) is 0 Å². The first kappa shape index (κ1) is 20.7. The number of hydrogen-bond acceptors (Lipinski definition) is 6. The molecular formula is C15H25F2NO6. The second kappa shape index (κ2) is 7.28. The third-order valence-electron chi connectivity index (χ3n) is 4.34. The molecule has 0 aromatic carbocycles. The van der Waals surface area contributed by atoms with E-state index >= 15 is 0 Å². The summed E-state index contributed by atoms with van der Waals surface area (Å²) in [5.41, 5.74) is -1.37. The smallest absolute Gasteiger partial charge is 0.410 e. The maximum atomic E-state index is 14.2. The van der Waals surface area contributed by atoms with Crippen molar-refractivity contribution in [3.05, 3.63) is 0 Å². The summed E-state index contributed by atoms with van der Waals surface area (Å²) in [6.45, 7) is 6.58. The summed E-state index contributed by atoms with van der Waals surface area (Å²) < 4.78 is 33.4. The molecule has 1 aliphatic rings. The molecule has 24 heavy (non-hydrogen) atoms. The topological polar surface area (TPSA) is 107 Å². The van der Waals surface area contributed by atoms with Crippen LogP contribution in [0.5, 0.6) is 0 Å².